The molecule has 1 aliphatic rings. The molecule has 1 atom stereocenters. The first-order valence-corrected chi connectivity index (χ1v) is 8.09. The van der Waals surface area contributed by atoms with Gasteiger partial charge in [-0.05, 0) is 38.8 Å². The SMILES string of the molecule is CC(=O)c1ccc(-c2ccc(C(=O)N3CCCC3(C)C(=O)O)o2)cc1. The van der Waals surface area contributed by atoms with Crippen molar-refractivity contribution in [3.63, 3.8) is 0 Å². The molecule has 1 amide bonds. The summed E-state index contributed by atoms with van der Waals surface area (Å²) in [5, 5.41) is 9.44. The van der Waals surface area contributed by atoms with Crippen molar-refractivity contribution in [3.8, 4) is 11.3 Å². The molecule has 1 fully saturated rings. The summed E-state index contributed by atoms with van der Waals surface area (Å²) >= 11 is 0. The van der Waals surface area contributed by atoms with Gasteiger partial charge in [0.25, 0.3) is 5.91 Å². The van der Waals surface area contributed by atoms with E-state index in [0.717, 1.165) is 5.56 Å². The molecule has 2 heterocycles. The lowest BCUT2D eigenvalue weighted by molar-refractivity contribution is -0.147. The van der Waals surface area contributed by atoms with Crippen molar-refractivity contribution in [2.75, 3.05) is 6.54 Å². The van der Waals surface area contributed by atoms with Crippen LogP contribution in [0.5, 0.6) is 0 Å². The number of carboxylic acids is 1. The molecule has 6 heteroatoms. The molecule has 1 N–H and O–H groups in total. The number of carbonyl (C=O) groups is 3. The average Bonchev–Trinajstić information content (AvgIpc) is 3.22. The Morgan fingerprint density at radius 2 is 1.80 bits per heavy atom. The highest BCUT2D eigenvalue weighted by Crippen LogP contribution is 2.32. The van der Waals surface area contributed by atoms with Gasteiger partial charge in [0.05, 0.1) is 0 Å². The van der Waals surface area contributed by atoms with Gasteiger partial charge in [-0.2, -0.15) is 0 Å². The van der Waals surface area contributed by atoms with Crippen LogP contribution in [0, 0.1) is 0 Å². The van der Waals surface area contributed by atoms with E-state index in [1.165, 1.54) is 11.8 Å². The number of hydrogen-bond acceptors (Lipinski definition) is 4. The fraction of sp³-hybridized carbons (Fsp3) is 0.316. The predicted molar refractivity (Wildman–Crippen MR) is 90.5 cm³/mol. The van der Waals surface area contributed by atoms with E-state index in [2.05, 4.69) is 0 Å². The van der Waals surface area contributed by atoms with Crippen molar-refractivity contribution in [2.45, 2.75) is 32.2 Å². The Labute approximate surface area is 145 Å². The quantitative estimate of drug-likeness (QED) is 0.863. The highest BCUT2D eigenvalue weighted by molar-refractivity contribution is 5.97. The lowest BCUT2D eigenvalue weighted by Crippen LogP contribution is -2.50. The maximum Gasteiger partial charge on any atom is 0.329 e. The second kappa shape index (κ2) is 6.20. The normalized spacial score (nSPS) is 19.8. The number of benzene rings is 1. The minimum Gasteiger partial charge on any atom is -0.480 e. The Morgan fingerprint density at radius 1 is 1.12 bits per heavy atom. The van der Waals surface area contributed by atoms with Gasteiger partial charge in [0.1, 0.15) is 11.3 Å². The van der Waals surface area contributed by atoms with Gasteiger partial charge in [-0.25, -0.2) is 4.79 Å². The predicted octanol–water partition coefficient (Wildman–Crippen LogP) is 3.23. The maximum atomic E-state index is 12.7. The van der Waals surface area contributed by atoms with Crippen LogP contribution in [0.25, 0.3) is 11.3 Å². The van der Waals surface area contributed by atoms with Crippen molar-refractivity contribution in [2.24, 2.45) is 0 Å². The molecule has 0 bridgehead atoms. The van der Waals surface area contributed by atoms with Gasteiger partial charge in [0, 0.05) is 17.7 Å². The molecular weight excluding hydrogens is 322 g/mol. The molecule has 2 aromatic rings. The number of ketones is 1. The number of carboxylic acid groups (broad SMARTS) is 1. The van der Waals surface area contributed by atoms with Crippen LogP contribution in [0.2, 0.25) is 0 Å². The molecule has 6 nitrogen and oxygen atoms in total. The first-order chi connectivity index (χ1) is 11.8. The molecule has 0 spiro atoms. The molecular formula is C19H19NO5. The van der Waals surface area contributed by atoms with Crippen LogP contribution in [0.15, 0.2) is 40.8 Å². The summed E-state index contributed by atoms with van der Waals surface area (Å²) in [7, 11) is 0. The summed E-state index contributed by atoms with van der Waals surface area (Å²) in [6, 6.07) is 10.1. The largest absolute Gasteiger partial charge is 0.480 e. The Bertz CT molecular complexity index is 836. The van der Waals surface area contributed by atoms with E-state index in [9.17, 15) is 19.5 Å². The van der Waals surface area contributed by atoms with Crippen LogP contribution in [0.1, 0.15) is 47.6 Å². The van der Waals surface area contributed by atoms with Crippen molar-refractivity contribution in [1.29, 1.82) is 0 Å². The second-order valence-corrected chi connectivity index (χ2v) is 6.44. The van der Waals surface area contributed by atoms with E-state index < -0.39 is 17.4 Å². The van der Waals surface area contributed by atoms with Crippen LogP contribution < -0.4 is 0 Å². The molecule has 3 rings (SSSR count). The van der Waals surface area contributed by atoms with E-state index >= 15 is 0 Å². The summed E-state index contributed by atoms with van der Waals surface area (Å²) in [5.41, 5.74) is 0.139. The Hall–Kier alpha value is -2.89. The third-order valence-electron chi connectivity index (χ3n) is 4.74. The number of rotatable bonds is 4. The standard InChI is InChI=1S/C19H19NO5/c1-12(21)13-4-6-14(7-5-13)15-8-9-16(25-15)17(22)20-11-3-10-19(20,2)18(23)24/h4-9H,3,10-11H2,1-2H3,(H,23,24). The number of likely N-dealkylation sites (tertiary alicyclic amines) is 1. The topological polar surface area (TPSA) is 87.8 Å². The number of aliphatic carboxylic acids is 1. The first kappa shape index (κ1) is 17.0. The van der Waals surface area contributed by atoms with Gasteiger partial charge in [-0.15, -0.1) is 0 Å². The monoisotopic (exact) mass is 341 g/mol. The highest BCUT2D eigenvalue weighted by Gasteiger charge is 2.46. The van der Waals surface area contributed by atoms with Crippen molar-refractivity contribution >= 4 is 17.7 Å². The van der Waals surface area contributed by atoms with Crippen LogP contribution in [-0.4, -0.2) is 39.7 Å². The van der Waals surface area contributed by atoms with Crippen molar-refractivity contribution in [3.05, 3.63) is 47.7 Å². The zero-order valence-corrected chi connectivity index (χ0v) is 14.1. The van der Waals surface area contributed by atoms with Gasteiger partial charge in [-0.1, -0.05) is 24.3 Å². The zero-order chi connectivity index (χ0) is 18.2. The number of furan rings is 1. The molecule has 25 heavy (non-hydrogen) atoms. The van der Waals surface area contributed by atoms with Gasteiger partial charge in [0.2, 0.25) is 0 Å². The molecule has 0 radical (unpaired) electrons. The van der Waals surface area contributed by atoms with Crippen molar-refractivity contribution in [1.82, 2.24) is 4.90 Å². The Kier molecular flexibility index (Phi) is 4.20. The fourth-order valence-electron chi connectivity index (χ4n) is 3.12. The summed E-state index contributed by atoms with van der Waals surface area (Å²) in [5.74, 6) is -0.850. The van der Waals surface area contributed by atoms with Gasteiger partial charge < -0.3 is 14.4 Å². The summed E-state index contributed by atoms with van der Waals surface area (Å²) in [6.07, 6.45) is 1.07. The molecule has 1 aromatic heterocycles. The fourth-order valence-corrected chi connectivity index (χ4v) is 3.12. The van der Waals surface area contributed by atoms with E-state index in [-0.39, 0.29) is 11.5 Å². The van der Waals surface area contributed by atoms with Gasteiger partial charge >= 0.3 is 5.97 Å². The number of Topliss-reactive ketones (excluding diaryl/α,β-unsaturated/α-hetero) is 1. The number of carbonyl (C=O) groups excluding carboxylic acids is 2. The molecule has 1 aliphatic heterocycles. The second-order valence-electron chi connectivity index (χ2n) is 6.44. The molecule has 130 valence electrons. The van der Waals surface area contributed by atoms with E-state index in [1.807, 2.05) is 0 Å². The summed E-state index contributed by atoms with van der Waals surface area (Å²) < 4.78 is 5.65. The lowest BCUT2D eigenvalue weighted by atomic mass is 9.99. The lowest BCUT2D eigenvalue weighted by Gasteiger charge is -2.30. The van der Waals surface area contributed by atoms with Crippen LogP contribution in [0.3, 0.4) is 0 Å². The third kappa shape index (κ3) is 2.95. The highest BCUT2D eigenvalue weighted by atomic mass is 16.4. The maximum absolute atomic E-state index is 12.7. The number of nitrogens with zero attached hydrogens (tertiary/aromatic N) is 1. The molecule has 1 aromatic carbocycles. The van der Waals surface area contributed by atoms with Crippen LogP contribution in [0.4, 0.5) is 0 Å². The van der Waals surface area contributed by atoms with Gasteiger partial charge in [0.15, 0.2) is 11.5 Å². The first-order valence-electron chi connectivity index (χ1n) is 8.09. The van der Waals surface area contributed by atoms with E-state index in [1.54, 1.807) is 43.3 Å². The minimum atomic E-state index is -1.20. The van der Waals surface area contributed by atoms with E-state index in [0.29, 0.717) is 30.7 Å². The summed E-state index contributed by atoms with van der Waals surface area (Å²) in [6.45, 7) is 3.45. The number of amides is 1. The zero-order valence-electron chi connectivity index (χ0n) is 14.1. The minimum absolute atomic E-state index is 0.0242. The van der Waals surface area contributed by atoms with Gasteiger partial charge in [-0.3, -0.25) is 9.59 Å². The Balaban J connectivity index is 1.85. The Morgan fingerprint density at radius 3 is 2.40 bits per heavy atom. The number of hydrogen-bond donors (Lipinski definition) is 1. The molecule has 1 unspecified atom stereocenters. The average molecular weight is 341 g/mol. The third-order valence-corrected chi connectivity index (χ3v) is 4.74. The molecule has 1 saturated heterocycles. The smallest absolute Gasteiger partial charge is 0.329 e. The summed E-state index contributed by atoms with van der Waals surface area (Å²) in [4.78, 5) is 36.9. The van der Waals surface area contributed by atoms with Crippen LogP contribution in [-0.2, 0) is 4.79 Å². The molecule has 0 saturated carbocycles. The molecule has 0 aliphatic carbocycles. The van der Waals surface area contributed by atoms with Crippen molar-refractivity contribution < 1.29 is 23.9 Å². The van der Waals surface area contributed by atoms with E-state index in [4.69, 9.17) is 4.42 Å². The van der Waals surface area contributed by atoms with Crippen LogP contribution >= 0.6 is 0 Å².